The zero-order chi connectivity index (χ0) is 8.53. The average molecular weight is 168 g/mol. The first-order valence-corrected chi connectivity index (χ1v) is 4.47. The predicted octanol–water partition coefficient (Wildman–Crippen LogP) is 3.00. The van der Waals surface area contributed by atoms with Gasteiger partial charge in [0.05, 0.1) is 0 Å². The van der Waals surface area contributed by atoms with Gasteiger partial charge in [-0.3, -0.25) is 4.79 Å². The molecule has 0 amide bonds. The number of rotatable bonds is 2. The molecule has 60 valence electrons. The van der Waals surface area contributed by atoms with Gasteiger partial charge in [-0.1, -0.05) is 43.8 Å². The molecule has 0 saturated carbocycles. The maximum atomic E-state index is 9.94. The lowest BCUT2D eigenvalue weighted by Gasteiger charge is -1.88. The third-order valence-corrected chi connectivity index (χ3v) is 1.57. The van der Waals surface area contributed by atoms with E-state index in [0.29, 0.717) is 0 Å². The Morgan fingerprint density at radius 2 is 1.73 bits per heavy atom. The van der Waals surface area contributed by atoms with Crippen molar-refractivity contribution in [3.63, 3.8) is 0 Å². The molecule has 11 heavy (non-hydrogen) atoms. The molecule has 0 radical (unpaired) electrons. The van der Waals surface area contributed by atoms with Crippen LogP contribution in [0, 0.1) is 0 Å². The second-order valence-corrected chi connectivity index (χ2v) is 2.43. The molecule has 1 rings (SSSR count). The van der Waals surface area contributed by atoms with Crippen molar-refractivity contribution < 1.29 is 4.79 Å². The van der Waals surface area contributed by atoms with Crippen molar-refractivity contribution in [1.82, 2.24) is 0 Å². The van der Waals surface area contributed by atoms with E-state index in [1.54, 1.807) is 0 Å². The van der Waals surface area contributed by atoms with Crippen molar-refractivity contribution in [1.29, 1.82) is 0 Å². The van der Waals surface area contributed by atoms with Crippen molar-refractivity contribution in [3.8, 4) is 0 Å². The zero-order valence-electron chi connectivity index (χ0n) is 6.78. The Bertz CT molecular complexity index is 184. The summed E-state index contributed by atoms with van der Waals surface area (Å²) < 4.78 is 0. The molecule has 2 heteroatoms. The summed E-state index contributed by atoms with van der Waals surface area (Å²) in [6, 6.07) is 9.55. The first-order valence-electron chi connectivity index (χ1n) is 3.59. The van der Waals surface area contributed by atoms with E-state index in [-0.39, 0.29) is 0 Å². The highest BCUT2D eigenvalue weighted by Crippen LogP contribution is 2.12. The Morgan fingerprint density at radius 3 is 2.18 bits per heavy atom. The van der Waals surface area contributed by atoms with Crippen molar-refractivity contribution in [2.75, 3.05) is 0 Å². The average Bonchev–Trinajstić information content (AvgIpc) is 2.11. The normalized spacial score (nSPS) is 7.82. The van der Waals surface area contributed by atoms with E-state index in [4.69, 9.17) is 0 Å². The van der Waals surface area contributed by atoms with E-state index in [0.717, 1.165) is 10.5 Å². The number of hydrogen-bond donors (Lipinski definition) is 0. The van der Waals surface area contributed by atoms with Gasteiger partial charge in [0, 0.05) is 4.90 Å². The molecule has 0 aromatic heterocycles. The maximum absolute atomic E-state index is 9.94. The summed E-state index contributed by atoms with van der Waals surface area (Å²) in [7, 11) is 0. The Hall–Kier alpha value is -0.760. The lowest BCUT2D eigenvalue weighted by atomic mass is 10.4. The smallest absolute Gasteiger partial charge is 0.180 e. The molecule has 0 bridgehead atoms. The number of carbonyl (C=O) groups excluding carboxylic acids is 1. The Kier molecular flexibility index (Phi) is 6.84. The van der Waals surface area contributed by atoms with Gasteiger partial charge >= 0.3 is 0 Å². The van der Waals surface area contributed by atoms with Gasteiger partial charge in [-0.15, -0.1) is 0 Å². The highest BCUT2D eigenvalue weighted by atomic mass is 32.2. The van der Waals surface area contributed by atoms with Crippen LogP contribution in [0.4, 0.5) is 0 Å². The van der Waals surface area contributed by atoms with Crippen molar-refractivity contribution in [2.24, 2.45) is 0 Å². The fourth-order valence-electron chi connectivity index (χ4n) is 0.555. The third kappa shape index (κ3) is 4.62. The summed E-state index contributed by atoms with van der Waals surface area (Å²) in [5.41, 5.74) is 0.829. The molecule has 1 aromatic carbocycles. The van der Waals surface area contributed by atoms with Crippen LogP contribution in [0.15, 0.2) is 35.2 Å². The Balaban J connectivity index is 0.000000461. The number of thioether (sulfide) groups is 1. The molecule has 0 heterocycles. The van der Waals surface area contributed by atoms with Gasteiger partial charge in [-0.2, -0.15) is 0 Å². The van der Waals surface area contributed by atoms with Gasteiger partial charge in [0.25, 0.3) is 0 Å². The number of carbonyl (C=O) groups is 1. The van der Waals surface area contributed by atoms with Crippen molar-refractivity contribution in [2.45, 2.75) is 18.7 Å². The summed E-state index contributed by atoms with van der Waals surface area (Å²) in [6.07, 6.45) is 0. The molecule has 0 aliphatic rings. The van der Waals surface area contributed by atoms with E-state index in [1.807, 2.05) is 44.2 Å². The van der Waals surface area contributed by atoms with E-state index >= 15 is 0 Å². The SMILES string of the molecule is CC.O=CSc1ccccc1. The first kappa shape index (κ1) is 10.2. The summed E-state index contributed by atoms with van der Waals surface area (Å²) >= 11 is 1.19. The van der Waals surface area contributed by atoms with Crippen LogP contribution in [0.25, 0.3) is 0 Å². The van der Waals surface area contributed by atoms with Crippen LogP contribution in [-0.2, 0) is 4.79 Å². The quantitative estimate of drug-likeness (QED) is 0.499. The molecule has 0 aliphatic heterocycles. The van der Waals surface area contributed by atoms with Crippen LogP contribution < -0.4 is 0 Å². The van der Waals surface area contributed by atoms with E-state index < -0.39 is 0 Å². The van der Waals surface area contributed by atoms with Crippen LogP contribution in [-0.4, -0.2) is 5.62 Å². The second-order valence-electron chi connectivity index (χ2n) is 1.53. The van der Waals surface area contributed by atoms with Crippen LogP contribution in [0.1, 0.15) is 13.8 Å². The monoisotopic (exact) mass is 168 g/mol. The standard InChI is InChI=1S/C7H6OS.C2H6/c8-6-9-7-4-2-1-3-5-7;1-2/h1-6H;1-2H3. The summed E-state index contributed by atoms with van der Waals surface area (Å²) in [5.74, 6) is 0. The van der Waals surface area contributed by atoms with Gasteiger partial charge in [-0.05, 0) is 12.1 Å². The highest BCUT2D eigenvalue weighted by molar-refractivity contribution is 8.11. The van der Waals surface area contributed by atoms with Gasteiger partial charge in [0.2, 0.25) is 0 Å². The summed E-state index contributed by atoms with van der Waals surface area (Å²) in [4.78, 5) is 10.9. The molecule has 0 unspecified atom stereocenters. The molecule has 1 nitrogen and oxygen atoms in total. The molecule has 0 saturated heterocycles. The van der Waals surface area contributed by atoms with Crippen LogP contribution in [0.5, 0.6) is 0 Å². The number of benzene rings is 1. The van der Waals surface area contributed by atoms with Crippen molar-refractivity contribution in [3.05, 3.63) is 30.3 Å². The van der Waals surface area contributed by atoms with Gasteiger partial charge < -0.3 is 0 Å². The summed E-state index contributed by atoms with van der Waals surface area (Å²) in [5, 5.41) is 0. The lowest BCUT2D eigenvalue weighted by Crippen LogP contribution is -1.66. The molecule has 1 aromatic rings. The largest absolute Gasteiger partial charge is 0.291 e. The number of hydrogen-bond acceptors (Lipinski definition) is 2. The van der Waals surface area contributed by atoms with E-state index in [9.17, 15) is 4.79 Å². The van der Waals surface area contributed by atoms with Crippen LogP contribution in [0.2, 0.25) is 0 Å². The minimum atomic E-state index is 0.829. The molecular formula is C9H12OS. The lowest BCUT2D eigenvalue weighted by molar-refractivity contribution is 0.570. The molecule has 0 spiro atoms. The molecule has 0 N–H and O–H groups in total. The Labute approximate surface area is 71.8 Å². The topological polar surface area (TPSA) is 17.1 Å². The third-order valence-electron chi connectivity index (χ3n) is 0.927. The summed E-state index contributed by atoms with van der Waals surface area (Å²) in [6.45, 7) is 4.00. The van der Waals surface area contributed by atoms with Gasteiger partial charge in [-0.25, -0.2) is 0 Å². The van der Waals surface area contributed by atoms with E-state index in [2.05, 4.69) is 0 Å². The van der Waals surface area contributed by atoms with E-state index in [1.165, 1.54) is 11.8 Å². The molecule has 0 aliphatic carbocycles. The minimum Gasteiger partial charge on any atom is -0.291 e. The molecular weight excluding hydrogens is 156 g/mol. The van der Waals surface area contributed by atoms with Crippen molar-refractivity contribution >= 4 is 17.4 Å². The zero-order valence-corrected chi connectivity index (χ0v) is 7.60. The van der Waals surface area contributed by atoms with Crippen LogP contribution >= 0.6 is 11.8 Å². The molecule has 0 fully saturated rings. The fraction of sp³-hybridized carbons (Fsp3) is 0.222. The predicted molar refractivity (Wildman–Crippen MR) is 50.4 cm³/mol. The van der Waals surface area contributed by atoms with Gasteiger partial charge in [0.1, 0.15) is 0 Å². The second kappa shape index (κ2) is 7.35. The van der Waals surface area contributed by atoms with Gasteiger partial charge in [0.15, 0.2) is 5.62 Å². The maximum Gasteiger partial charge on any atom is 0.180 e. The Morgan fingerprint density at radius 1 is 1.18 bits per heavy atom. The minimum absolute atomic E-state index is 0.829. The first-order chi connectivity index (χ1) is 5.43. The highest BCUT2D eigenvalue weighted by Gasteiger charge is 1.85. The fourth-order valence-corrected chi connectivity index (χ4v) is 0.980. The van der Waals surface area contributed by atoms with Crippen LogP contribution in [0.3, 0.4) is 0 Å². The molecule has 0 atom stereocenters.